The number of sulfonamides is 1. The Morgan fingerprint density at radius 2 is 1.63 bits per heavy atom. The van der Waals surface area contributed by atoms with Crippen molar-refractivity contribution in [2.24, 2.45) is 0 Å². The molecule has 208 valence electrons. The number of amides is 2. The predicted octanol–water partition coefficient (Wildman–Crippen LogP) is 5.48. The number of nitrogens with zero attached hydrogens (tertiary/aromatic N) is 2. The van der Waals surface area contributed by atoms with E-state index < -0.39 is 16.1 Å². The molecule has 9 heteroatoms. The molecule has 2 amide bonds. The zero-order chi connectivity index (χ0) is 27.9. The molecule has 1 aliphatic carbocycles. The van der Waals surface area contributed by atoms with E-state index in [9.17, 15) is 18.0 Å². The minimum Gasteiger partial charge on any atom is -0.352 e. The zero-order valence-electron chi connectivity index (χ0n) is 22.9. The monoisotopic (exact) mass is 605 g/mol. The highest BCUT2D eigenvalue weighted by Gasteiger charge is 2.28. The highest BCUT2D eigenvalue weighted by atomic mass is 79.9. The van der Waals surface area contributed by atoms with Gasteiger partial charge in [0.1, 0.15) is 6.04 Å². The third kappa shape index (κ3) is 8.83. The Hall–Kier alpha value is -2.39. The molecule has 7 nitrogen and oxygen atoms in total. The summed E-state index contributed by atoms with van der Waals surface area (Å²) in [6.45, 7) is 6.12. The lowest BCUT2D eigenvalue weighted by molar-refractivity contribution is -0.141. The largest absolute Gasteiger partial charge is 0.352 e. The highest BCUT2D eigenvalue weighted by molar-refractivity contribution is 9.10. The first-order valence-electron chi connectivity index (χ1n) is 13.3. The number of nitrogens with one attached hydrogen (secondary N) is 1. The molecule has 0 radical (unpaired) electrons. The van der Waals surface area contributed by atoms with Crippen molar-refractivity contribution in [2.75, 3.05) is 17.1 Å². The third-order valence-corrected chi connectivity index (χ3v) is 8.75. The Bertz CT molecular complexity index is 1190. The number of halogens is 1. The normalized spacial score (nSPS) is 15.1. The average Bonchev–Trinajstić information content (AvgIpc) is 2.85. The maximum Gasteiger partial charge on any atom is 0.242 e. The van der Waals surface area contributed by atoms with Gasteiger partial charge >= 0.3 is 0 Å². The van der Waals surface area contributed by atoms with E-state index in [0.29, 0.717) is 18.7 Å². The van der Waals surface area contributed by atoms with Crippen LogP contribution in [0.3, 0.4) is 0 Å². The molecule has 0 bridgehead atoms. The summed E-state index contributed by atoms with van der Waals surface area (Å²) in [5, 5.41) is 3.15. The van der Waals surface area contributed by atoms with Gasteiger partial charge in [0.05, 0.1) is 11.9 Å². The Kier molecular flexibility index (Phi) is 10.8. The molecule has 1 N–H and O–H groups in total. The van der Waals surface area contributed by atoms with Gasteiger partial charge in [-0.3, -0.25) is 13.9 Å². The van der Waals surface area contributed by atoms with Gasteiger partial charge in [-0.05, 0) is 81.0 Å². The molecule has 38 heavy (non-hydrogen) atoms. The number of carbonyl (C=O) groups is 2. The van der Waals surface area contributed by atoms with Crippen molar-refractivity contribution in [3.8, 4) is 0 Å². The molecule has 1 atom stereocenters. The van der Waals surface area contributed by atoms with Gasteiger partial charge in [0.15, 0.2) is 0 Å². The molecule has 2 aromatic rings. The molecular weight excluding hydrogens is 566 g/mol. The van der Waals surface area contributed by atoms with Gasteiger partial charge in [0.2, 0.25) is 21.8 Å². The van der Waals surface area contributed by atoms with Crippen molar-refractivity contribution in [1.29, 1.82) is 0 Å². The summed E-state index contributed by atoms with van der Waals surface area (Å²) in [5.74, 6) is -0.316. The van der Waals surface area contributed by atoms with Crippen molar-refractivity contribution in [3.05, 3.63) is 63.6 Å². The summed E-state index contributed by atoms with van der Waals surface area (Å²) in [6, 6.07) is 12.9. The second kappa shape index (κ2) is 13.6. The summed E-state index contributed by atoms with van der Waals surface area (Å²) in [7, 11) is -3.53. The fourth-order valence-corrected chi connectivity index (χ4v) is 6.25. The smallest absolute Gasteiger partial charge is 0.242 e. The molecule has 0 aromatic heterocycles. The summed E-state index contributed by atoms with van der Waals surface area (Å²) in [6.07, 6.45) is 7.02. The Morgan fingerprint density at radius 1 is 1.03 bits per heavy atom. The second-order valence-electron chi connectivity index (χ2n) is 10.5. The number of rotatable bonds is 11. The first kappa shape index (κ1) is 30.2. The van der Waals surface area contributed by atoms with E-state index in [0.717, 1.165) is 46.8 Å². The van der Waals surface area contributed by atoms with Crippen LogP contribution in [0.15, 0.2) is 46.9 Å². The number of hydrogen-bond acceptors (Lipinski definition) is 4. The SMILES string of the molecule is Cc1cc(C)cc(N(CCCC(=O)N(Cc2ccc(Br)cc2)[C@@H](C)C(=O)NC2CCCCC2)S(C)(=O)=O)c1. The molecule has 0 heterocycles. The van der Waals surface area contributed by atoms with Gasteiger partial charge < -0.3 is 10.2 Å². The van der Waals surface area contributed by atoms with Gasteiger partial charge in [0.25, 0.3) is 0 Å². The second-order valence-corrected chi connectivity index (χ2v) is 13.3. The van der Waals surface area contributed by atoms with Gasteiger partial charge in [0, 0.05) is 30.0 Å². The summed E-state index contributed by atoms with van der Waals surface area (Å²) in [5.41, 5.74) is 3.47. The Labute approximate surface area is 236 Å². The van der Waals surface area contributed by atoms with Crippen LogP contribution >= 0.6 is 15.9 Å². The quantitative estimate of drug-likeness (QED) is 0.367. The average molecular weight is 607 g/mol. The van der Waals surface area contributed by atoms with Crippen LogP contribution < -0.4 is 9.62 Å². The number of anilines is 1. The molecule has 0 saturated heterocycles. The van der Waals surface area contributed by atoms with E-state index in [1.807, 2.05) is 56.3 Å². The number of hydrogen-bond donors (Lipinski definition) is 1. The molecule has 3 rings (SSSR count). The fraction of sp³-hybridized carbons (Fsp3) is 0.517. The van der Waals surface area contributed by atoms with Crippen LogP contribution in [0.5, 0.6) is 0 Å². The minimum absolute atomic E-state index is 0.133. The standard InChI is InChI=1S/C29H40BrN3O4S/c1-21-17-22(2)19-27(18-21)33(38(4,36)37)16-8-11-28(34)32(20-24-12-14-25(30)15-13-24)23(3)29(35)31-26-9-6-5-7-10-26/h12-15,17-19,23,26H,5-11,16,20H2,1-4H3,(H,31,35)/t23-/m0/s1. The first-order chi connectivity index (χ1) is 17.9. The summed E-state index contributed by atoms with van der Waals surface area (Å²) >= 11 is 3.44. The van der Waals surface area contributed by atoms with Crippen LogP contribution in [-0.4, -0.2) is 50.0 Å². The fourth-order valence-electron chi connectivity index (χ4n) is 5.04. The van der Waals surface area contributed by atoms with Gasteiger partial charge in [-0.15, -0.1) is 0 Å². The van der Waals surface area contributed by atoms with E-state index in [4.69, 9.17) is 0 Å². The van der Waals surface area contributed by atoms with Gasteiger partial charge in [-0.25, -0.2) is 8.42 Å². The highest BCUT2D eigenvalue weighted by Crippen LogP contribution is 2.23. The van der Waals surface area contributed by atoms with Crippen LogP contribution in [0.1, 0.15) is 68.6 Å². The molecule has 1 saturated carbocycles. The zero-order valence-corrected chi connectivity index (χ0v) is 25.3. The lowest BCUT2D eigenvalue weighted by Gasteiger charge is -2.31. The third-order valence-electron chi connectivity index (χ3n) is 7.03. The maximum absolute atomic E-state index is 13.5. The van der Waals surface area contributed by atoms with E-state index in [-0.39, 0.29) is 30.8 Å². The van der Waals surface area contributed by atoms with E-state index in [1.54, 1.807) is 11.8 Å². The number of benzene rings is 2. The predicted molar refractivity (Wildman–Crippen MR) is 157 cm³/mol. The van der Waals surface area contributed by atoms with E-state index in [2.05, 4.69) is 21.2 Å². The van der Waals surface area contributed by atoms with Crippen molar-refractivity contribution in [3.63, 3.8) is 0 Å². The van der Waals surface area contributed by atoms with Gasteiger partial charge in [-0.1, -0.05) is 53.4 Å². The van der Waals surface area contributed by atoms with Crippen LogP contribution in [0, 0.1) is 13.8 Å². The van der Waals surface area contributed by atoms with Crippen LogP contribution in [0.4, 0.5) is 5.69 Å². The van der Waals surface area contributed by atoms with Crippen LogP contribution in [-0.2, 0) is 26.2 Å². The number of aryl methyl sites for hydroxylation is 2. The molecule has 2 aromatic carbocycles. The van der Waals surface area contributed by atoms with Crippen LogP contribution in [0.25, 0.3) is 0 Å². The Balaban J connectivity index is 1.72. The van der Waals surface area contributed by atoms with Crippen molar-refractivity contribution in [2.45, 2.75) is 84.3 Å². The van der Waals surface area contributed by atoms with E-state index in [1.165, 1.54) is 17.0 Å². The molecule has 0 aliphatic heterocycles. The minimum atomic E-state index is -3.53. The summed E-state index contributed by atoms with van der Waals surface area (Å²) in [4.78, 5) is 28.3. The first-order valence-corrected chi connectivity index (χ1v) is 16.0. The van der Waals surface area contributed by atoms with Crippen molar-refractivity contribution < 1.29 is 18.0 Å². The lowest BCUT2D eigenvalue weighted by Crippen LogP contribution is -2.50. The van der Waals surface area contributed by atoms with Crippen molar-refractivity contribution >= 4 is 43.5 Å². The molecule has 1 aliphatic rings. The molecule has 0 spiro atoms. The van der Waals surface area contributed by atoms with Crippen molar-refractivity contribution in [1.82, 2.24) is 10.2 Å². The number of carbonyl (C=O) groups excluding carboxylic acids is 2. The summed E-state index contributed by atoms with van der Waals surface area (Å²) < 4.78 is 27.5. The Morgan fingerprint density at radius 3 is 2.21 bits per heavy atom. The topological polar surface area (TPSA) is 86.8 Å². The molecule has 0 unspecified atom stereocenters. The molecular formula is C29H40BrN3O4S. The van der Waals surface area contributed by atoms with Crippen LogP contribution in [0.2, 0.25) is 0 Å². The van der Waals surface area contributed by atoms with E-state index >= 15 is 0 Å². The maximum atomic E-state index is 13.5. The molecule has 1 fully saturated rings. The lowest BCUT2D eigenvalue weighted by atomic mass is 9.95. The van der Waals surface area contributed by atoms with Gasteiger partial charge in [-0.2, -0.15) is 0 Å².